The number of pyridine rings is 1. The maximum absolute atomic E-state index is 6.47. The van der Waals surface area contributed by atoms with Gasteiger partial charge in [0.1, 0.15) is 0 Å². The fourth-order valence-electron chi connectivity index (χ4n) is 3.14. The summed E-state index contributed by atoms with van der Waals surface area (Å²) in [5.74, 6) is 1.90. The first-order valence-electron chi connectivity index (χ1n) is 7.45. The van der Waals surface area contributed by atoms with E-state index in [1.807, 2.05) is 18.2 Å². The molecule has 21 heavy (non-hydrogen) atoms. The Morgan fingerprint density at radius 3 is 2.33 bits per heavy atom. The van der Waals surface area contributed by atoms with Crippen molar-refractivity contribution in [1.82, 2.24) is 4.98 Å². The summed E-state index contributed by atoms with van der Waals surface area (Å²) in [4.78, 5) is 4.82. The number of ether oxygens (including phenoxy) is 2. The molecule has 0 spiro atoms. The second-order valence-corrected chi connectivity index (χ2v) is 6.00. The molecule has 1 aromatic carbocycles. The van der Waals surface area contributed by atoms with Crippen LogP contribution in [0.1, 0.15) is 43.7 Å². The highest BCUT2D eigenvalue weighted by molar-refractivity contribution is 6.35. The molecule has 0 N–H and O–H groups in total. The molecule has 0 atom stereocenters. The van der Waals surface area contributed by atoms with Gasteiger partial charge in [-0.25, -0.2) is 0 Å². The molecule has 1 saturated carbocycles. The van der Waals surface area contributed by atoms with Gasteiger partial charge in [0, 0.05) is 23.1 Å². The molecular weight excluding hydrogens is 286 g/mol. The Labute approximate surface area is 130 Å². The van der Waals surface area contributed by atoms with Gasteiger partial charge in [-0.2, -0.15) is 0 Å². The summed E-state index contributed by atoms with van der Waals surface area (Å²) < 4.78 is 10.7. The van der Waals surface area contributed by atoms with Crippen LogP contribution in [0.15, 0.2) is 18.2 Å². The molecule has 1 aliphatic carbocycles. The van der Waals surface area contributed by atoms with Gasteiger partial charge in [-0.1, -0.05) is 30.9 Å². The molecule has 1 aromatic heterocycles. The average molecular weight is 306 g/mol. The monoisotopic (exact) mass is 305 g/mol. The zero-order valence-corrected chi connectivity index (χ0v) is 13.2. The van der Waals surface area contributed by atoms with Crippen LogP contribution in [0.2, 0.25) is 5.02 Å². The summed E-state index contributed by atoms with van der Waals surface area (Å²) in [6, 6.07) is 5.83. The Morgan fingerprint density at radius 1 is 1.00 bits per heavy atom. The Morgan fingerprint density at radius 2 is 1.67 bits per heavy atom. The predicted octanol–water partition coefficient (Wildman–Crippen LogP) is 4.95. The molecular formula is C17H20ClNO2. The highest BCUT2D eigenvalue weighted by atomic mass is 35.5. The summed E-state index contributed by atoms with van der Waals surface area (Å²) in [6.07, 6.45) is 6.33. The molecule has 3 nitrogen and oxygen atoms in total. The van der Waals surface area contributed by atoms with Gasteiger partial charge >= 0.3 is 0 Å². The van der Waals surface area contributed by atoms with Gasteiger partial charge in [0.05, 0.1) is 24.8 Å². The summed E-state index contributed by atoms with van der Waals surface area (Å²) in [5.41, 5.74) is 1.99. The topological polar surface area (TPSA) is 31.4 Å². The zero-order chi connectivity index (χ0) is 14.8. The van der Waals surface area contributed by atoms with Crippen LogP contribution >= 0.6 is 11.6 Å². The van der Waals surface area contributed by atoms with Crippen LogP contribution in [0.3, 0.4) is 0 Å². The van der Waals surface area contributed by atoms with Gasteiger partial charge in [-0.15, -0.1) is 0 Å². The summed E-state index contributed by atoms with van der Waals surface area (Å²) >= 11 is 6.47. The number of aromatic nitrogens is 1. The van der Waals surface area contributed by atoms with E-state index in [1.54, 1.807) is 14.2 Å². The van der Waals surface area contributed by atoms with Crippen molar-refractivity contribution in [3.05, 3.63) is 28.9 Å². The minimum Gasteiger partial charge on any atom is -0.493 e. The lowest BCUT2D eigenvalue weighted by Crippen LogP contribution is -2.06. The zero-order valence-electron chi connectivity index (χ0n) is 12.5. The van der Waals surface area contributed by atoms with Crippen LogP contribution < -0.4 is 9.47 Å². The Bertz CT molecular complexity index is 651. The van der Waals surface area contributed by atoms with E-state index in [9.17, 15) is 0 Å². The molecule has 1 aliphatic rings. The predicted molar refractivity (Wildman–Crippen MR) is 85.7 cm³/mol. The van der Waals surface area contributed by atoms with E-state index in [0.717, 1.165) is 21.6 Å². The summed E-state index contributed by atoms with van der Waals surface area (Å²) in [5, 5.41) is 1.65. The fourth-order valence-corrected chi connectivity index (χ4v) is 3.40. The van der Waals surface area contributed by atoms with Crippen LogP contribution in [0.4, 0.5) is 0 Å². The Hall–Kier alpha value is -1.48. The molecule has 0 radical (unpaired) electrons. The average Bonchev–Trinajstić information content (AvgIpc) is 2.54. The van der Waals surface area contributed by atoms with Gasteiger partial charge in [0.15, 0.2) is 11.5 Å². The third kappa shape index (κ3) is 2.80. The Balaban J connectivity index is 2.09. The van der Waals surface area contributed by atoms with Crippen molar-refractivity contribution in [2.75, 3.05) is 14.2 Å². The van der Waals surface area contributed by atoms with E-state index >= 15 is 0 Å². The van der Waals surface area contributed by atoms with E-state index in [1.165, 1.54) is 32.1 Å². The van der Waals surface area contributed by atoms with E-state index in [-0.39, 0.29) is 0 Å². The number of fused-ring (bicyclic) bond motifs is 1. The number of nitrogens with zero attached hydrogens (tertiary/aromatic N) is 1. The molecule has 0 amide bonds. The second-order valence-electron chi connectivity index (χ2n) is 5.59. The van der Waals surface area contributed by atoms with Crippen molar-refractivity contribution < 1.29 is 9.47 Å². The van der Waals surface area contributed by atoms with Gasteiger partial charge in [-0.05, 0) is 25.0 Å². The SMILES string of the molecule is COc1cc2nc(C3CCCCC3)cc(Cl)c2cc1OC. The number of benzene rings is 1. The van der Waals surface area contributed by atoms with Crippen LogP contribution in [-0.4, -0.2) is 19.2 Å². The summed E-state index contributed by atoms with van der Waals surface area (Å²) in [6.45, 7) is 0. The van der Waals surface area contributed by atoms with Crippen LogP contribution in [0.5, 0.6) is 11.5 Å². The van der Waals surface area contributed by atoms with Crippen molar-refractivity contribution in [2.45, 2.75) is 38.0 Å². The fraction of sp³-hybridized carbons (Fsp3) is 0.471. The largest absolute Gasteiger partial charge is 0.493 e. The van der Waals surface area contributed by atoms with Crippen LogP contribution in [0, 0.1) is 0 Å². The molecule has 112 valence electrons. The quantitative estimate of drug-likeness (QED) is 0.803. The van der Waals surface area contributed by atoms with Crippen LogP contribution in [-0.2, 0) is 0 Å². The first-order valence-corrected chi connectivity index (χ1v) is 7.83. The van der Waals surface area contributed by atoms with Gasteiger partial charge in [-0.3, -0.25) is 4.98 Å². The third-order valence-corrected chi connectivity index (χ3v) is 4.62. The molecule has 1 heterocycles. The minimum atomic E-state index is 0.536. The molecule has 0 aliphatic heterocycles. The van der Waals surface area contributed by atoms with Crippen molar-refractivity contribution in [1.29, 1.82) is 0 Å². The van der Waals surface area contributed by atoms with Crippen molar-refractivity contribution in [2.24, 2.45) is 0 Å². The number of hydrogen-bond donors (Lipinski definition) is 0. The van der Waals surface area contributed by atoms with E-state index in [4.69, 9.17) is 26.1 Å². The lowest BCUT2D eigenvalue weighted by Gasteiger charge is -2.21. The number of hydrogen-bond acceptors (Lipinski definition) is 3. The van der Waals surface area contributed by atoms with Gasteiger partial charge < -0.3 is 9.47 Å². The third-order valence-electron chi connectivity index (χ3n) is 4.31. The normalized spacial score (nSPS) is 16.1. The highest BCUT2D eigenvalue weighted by Crippen LogP contribution is 2.38. The molecule has 4 heteroatoms. The van der Waals surface area contributed by atoms with E-state index in [2.05, 4.69) is 0 Å². The number of methoxy groups -OCH3 is 2. The molecule has 0 saturated heterocycles. The summed E-state index contributed by atoms with van der Waals surface area (Å²) in [7, 11) is 3.26. The van der Waals surface area contributed by atoms with E-state index in [0.29, 0.717) is 17.4 Å². The van der Waals surface area contributed by atoms with Gasteiger partial charge in [0.25, 0.3) is 0 Å². The first kappa shape index (κ1) is 14.5. The molecule has 2 aromatic rings. The van der Waals surface area contributed by atoms with Crippen molar-refractivity contribution in [3.63, 3.8) is 0 Å². The van der Waals surface area contributed by atoms with Crippen LogP contribution in [0.25, 0.3) is 10.9 Å². The second kappa shape index (κ2) is 6.10. The first-order chi connectivity index (χ1) is 10.2. The van der Waals surface area contributed by atoms with Crippen molar-refractivity contribution >= 4 is 22.5 Å². The smallest absolute Gasteiger partial charge is 0.162 e. The van der Waals surface area contributed by atoms with Gasteiger partial charge in [0.2, 0.25) is 0 Å². The molecule has 0 bridgehead atoms. The molecule has 0 unspecified atom stereocenters. The van der Waals surface area contributed by atoms with Crippen molar-refractivity contribution in [3.8, 4) is 11.5 Å². The standard InChI is InChI=1S/C17H20ClNO2/c1-20-16-8-12-13(18)9-14(11-6-4-3-5-7-11)19-15(12)10-17(16)21-2/h8-11H,3-7H2,1-2H3. The number of rotatable bonds is 3. The molecule has 1 fully saturated rings. The maximum atomic E-state index is 6.47. The highest BCUT2D eigenvalue weighted by Gasteiger charge is 2.19. The lowest BCUT2D eigenvalue weighted by molar-refractivity contribution is 0.355. The maximum Gasteiger partial charge on any atom is 0.162 e. The minimum absolute atomic E-state index is 0.536. The van der Waals surface area contributed by atoms with E-state index < -0.39 is 0 Å². The Kier molecular flexibility index (Phi) is 4.20. The molecule has 3 rings (SSSR count). The number of halogens is 1. The lowest BCUT2D eigenvalue weighted by atomic mass is 9.86.